The van der Waals surface area contributed by atoms with Gasteiger partial charge >= 0.3 is 0 Å². The molecule has 0 aromatic carbocycles. The van der Waals surface area contributed by atoms with Crippen molar-refractivity contribution < 1.29 is 4.74 Å². The molecule has 1 saturated heterocycles. The van der Waals surface area contributed by atoms with E-state index in [1.54, 1.807) is 4.68 Å². The molecule has 5 nitrogen and oxygen atoms in total. The number of ether oxygens (including phenoxy) is 1. The third kappa shape index (κ3) is 1.87. The largest absolute Gasteiger partial charge is 0.366 e. The number of aromatic nitrogens is 3. The molecule has 13 heavy (non-hydrogen) atoms. The standard InChI is InChI=1S/C8H14N4O/c1-8(5-9-6-8)13-4-7-3-12(2)11-10-7/h3,9H,4-6H2,1-2H3. The van der Waals surface area contributed by atoms with Crippen molar-refractivity contribution in [2.45, 2.75) is 19.1 Å². The van der Waals surface area contributed by atoms with Gasteiger partial charge in [-0.2, -0.15) is 0 Å². The van der Waals surface area contributed by atoms with Crippen molar-refractivity contribution in [3.05, 3.63) is 11.9 Å². The molecule has 0 aliphatic carbocycles. The summed E-state index contributed by atoms with van der Waals surface area (Å²) in [4.78, 5) is 0. The average Bonchev–Trinajstić information content (AvgIpc) is 2.44. The van der Waals surface area contributed by atoms with E-state index in [4.69, 9.17) is 4.74 Å². The second-order valence-corrected chi connectivity index (χ2v) is 3.73. The van der Waals surface area contributed by atoms with E-state index in [1.165, 1.54) is 0 Å². The van der Waals surface area contributed by atoms with Crippen LogP contribution in [-0.4, -0.2) is 33.7 Å². The summed E-state index contributed by atoms with van der Waals surface area (Å²) in [6.07, 6.45) is 1.87. The van der Waals surface area contributed by atoms with E-state index in [-0.39, 0.29) is 5.60 Å². The Labute approximate surface area is 77.1 Å². The molecule has 1 aromatic heterocycles. The lowest BCUT2D eigenvalue weighted by Crippen LogP contribution is -2.58. The molecule has 2 heterocycles. The zero-order valence-electron chi connectivity index (χ0n) is 7.95. The van der Waals surface area contributed by atoms with Crippen LogP contribution >= 0.6 is 0 Å². The molecule has 1 aromatic rings. The average molecular weight is 182 g/mol. The van der Waals surface area contributed by atoms with Gasteiger partial charge in [0, 0.05) is 20.1 Å². The molecule has 2 rings (SSSR count). The Hall–Kier alpha value is -0.940. The fourth-order valence-corrected chi connectivity index (χ4v) is 1.29. The van der Waals surface area contributed by atoms with E-state index in [0.29, 0.717) is 6.61 Å². The molecule has 0 bridgehead atoms. The summed E-state index contributed by atoms with van der Waals surface area (Å²) in [5, 5.41) is 11.0. The minimum absolute atomic E-state index is 0.00246. The summed E-state index contributed by atoms with van der Waals surface area (Å²) >= 11 is 0. The first-order valence-electron chi connectivity index (χ1n) is 4.38. The van der Waals surface area contributed by atoms with E-state index < -0.39 is 0 Å². The molecule has 0 unspecified atom stereocenters. The molecule has 0 saturated carbocycles. The molecular formula is C8H14N4O. The van der Waals surface area contributed by atoms with Crippen LogP contribution in [0, 0.1) is 0 Å². The lowest BCUT2D eigenvalue weighted by molar-refractivity contribution is -0.0778. The number of hydrogen-bond donors (Lipinski definition) is 1. The highest BCUT2D eigenvalue weighted by molar-refractivity contribution is 4.94. The van der Waals surface area contributed by atoms with Gasteiger partial charge in [-0.15, -0.1) is 5.10 Å². The molecule has 0 amide bonds. The Morgan fingerprint density at radius 2 is 2.46 bits per heavy atom. The van der Waals surface area contributed by atoms with Crippen molar-refractivity contribution in [2.75, 3.05) is 13.1 Å². The normalized spacial score (nSPS) is 19.8. The lowest BCUT2D eigenvalue weighted by Gasteiger charge is -2.38. The summed E-state index contributed by atoms with van der Waals surface area (Å²) in [6.45, 7) is 4.49. The number of aryl methyl sites for hydroxylation is 1. The summed E-state index contributed by atoms with van der Waals surface area (Å²) in [7, 11) is 1.85. The zero-order valence-corrected chi connectivity index (χ0v) is 7.95. The second kappa shape index (κ2) is 3.08. The van der Waals surface area contributed by atoms with Crippen molar-refractivity contribution in [2.24, 2.45) is 7.05 Å². The highest BCUT2D eigenvalue weighted by Gasteiger charge is 2.32. The van der Waals surface area contributed by atoms with E-state index in [9.17, 15) is 0 Å². The quantitative estimate of drug-likeness (QED) is 0.697. The Bertz CT molecular complexity index is 292. The van der Waals surface area contributed by atoms with Gasteiger partial charge in [0.1, 0.15) is 5.69 Å². The van der Waals surface area contributed by atoms with Gasteiger partial charge in [-0.25, -0.2) is 0 Å². The van der Waals surface area contributed by atoms with Crippen LogP contribution in [0.4, 0.5) is 0 Å². The molecule has 0 atom stereocenters. The van der Waals surface area contributed by atoms with Crippen LogP contribution in [0.2, 0.25) is 0 Å². The molecule has 0 spiro atoms. The van der Waals surface area contributed by atoms with Crippen LogP contribution in [0.15, 0.2) is 6.20 Å². The van der Waals surface area contributed by atoms with Crippen molar-refractivity contribution >= 4 is 0 Å². The van der Waals surface area contributed by atoms with Crippen LogP contribution in [0.3, 0.4) is 0 Å². The minimum Gasteiger partial charge on any atom is -0.366 e. The SMILES string of the molecule is Cn1cc(COC2(C)CNC2)nn1. The number of hydrogen-bond acceptors (Lipinski definition) is 4. The summed E-state index contributed by atoms with van der Waals surface area (Å²) in [5.41, 5.74) is 0.882. The van der Waals surface area contributed by atoms with Crippen molar-refractivity contribution in [3.63, 3.8) is 0 Å². The van der Waals surface area contributed by atoms with Crippen molar-refractivity contribution in [1.82, 2.24) is 20.3 Å². The highest BCUT2D eigenvalue weighted by Crippen LogP contribution is 2.16. The molecule has 1 N–H and O–H groups in total. The summed E-state index contributed by atoms with van der Waals surface area (Å²) in [5.74, 6) is 0. The van der Waals surface area contributed by atoms with Gasteiger partial charge in [0.25, 0.3) is 0 Å². The monoisotopic (exact) mass is 182 g/mol. The number of rotatable bonds is 3. The van der Waals surface area contributed by atoms with E-state index in [2.05, 4.69) is 22.6 Å². The molecule has 1 fully saturated rings. The fraction of sp³-hybridized carbons (Fsp3) is 0.750. The van der Waals surface area contributed by atoms with Crippen LogP contribution in [-0.2, 0) is 18.4 Å². The Kier molecular flexibility index (Phi) is 2.05. The molecule has 1 aliphatic heterocycles. The minimum atomic E-state index is -0.00246. The fourth-order valence-electron chi connectivity index (χ4n) is 1.29. The van der Waals surface area contributed by atoms with Crippen molar-refractivity contribution in [3.8, 4) is 0 Å². The topological polar surface area (TPSA) is 52.0 Å². The molecule has 0 radical (unpaired) electrons. The maximum Gasteiger partial charge on any atom is 0.108 e. The first kappa shape index (κ1) is 8.65. The molecule has 5 heteroatoms. The van der Waals surface area contributed by atoms with Crippen molar-refractivity contribution in [1.29, 1.82) is 0 Å². The smallest absolute Gasteiger partial charge is 0.108 e. The van der Waals surface area contributed by atoms with Gasteiger partial charge in [0.2, 0.25) is 0 Å². The van der Waals surface area contributed by atoms with Crippen LogP contribution in [0.5, 0.6) is 0 Å². The van der Waals surface area contributed by atoms with E-state index >= 15 is 0 Å². The molecule has 72 valence electrons. The predicted octanol–water partition coefficient (Wildman–Crippen LogP) is -0.306. The first-order chi connectivity index (χ1) is 6.18. The maximum atomic E-state index is 5.69. The van der Waals surface area contributed by atoms with Gasteiger partial charge in [0.05, 0.1) is 18.4 Å². The Morgan fingerprint density at radius 1 is 1.69 bits per heavy atom. The van der Waals surface area contributed by atoms with Crippen LogP contribution in [0.25, 0.3) is 0 Å². The summed E-state index contributed by atoms with van der Waals surface area (Å²) < 4.78 is 7.37. The Morgan fingerprint density at radius 3 is 2.92 bits per heavy atom. The molecule has 1 aliphatic rings. The highest BCUT2D eigenvalue weighted by atomic mass is 16.5. The number of nitrogens with zero attached hydrogens (tertiary/aromatic N) is 3. The van der Waals surface area contributed by atoms with Gasteiger partial charge < -0.3 is 10.1 Å². The van der Waals surface area contributed by atoms with Crippen LogP contribution < -0.4 is 5.32 Å². The first-order valence-corrected chi connectivity index (χ1v) is 4.38. The maximum absolute atomic E-state index is 5.69. The van der Waals surface area contributed by atoms with Gasteiger partial charge in [0.15, 0.2) is 0 Å². The third-order valence-electron chi connectivity index (χ3n) is 2.22. The second-order valence-electron chi connectivity index (χ2n) is 3.73. The van der Waals surface area contributed by atoms with Gasteiger partial charge in [-0.05, 0) is 6.92 Å². The predicted molar refractivity (Wildman–Crippen MR) is 47.1 cm³/mol. The lowest BCUT2D eigenvalue weighted by atomic mass is 10.0. The van der Waals surface area contributed by atoms with Crippen LogP contribution in [0.1, 0.15) is 12.6 Å². The third-order valence-corrected chi connectivity index (χ3v) is 2.22. The zero-order chi connectivity index (χ0) is 9.31. The summed E-state index contributed by atoms with van der Waals surface area (Å²) in [6, 6.07) is 0. The van der Waals surface area contributed by atoms with E-state index in [0.717, 1.165) is 18.8 Å². The van der Waals surface area contributed by atoms with Gasteiger partial charge in [-0.3, -0.25) is 4.68 Å². The van der Waals surface area contributed by atoms with E-state index in [1.807, 2.05) is 13.2 Å². The van der Waals surface area contributed by atoms with Gasteiger partial charge in [-0.1, -0.05) is 5.21 Å². The number of nitrogens with one attached hydrogen (secondary N) is 1. The Balaban J connectivity index is 1.85. The molecular weight excluding hydrogens is 168 g/mol.